The molecule has 0 saturated heterocycles. The number of carbonyl (C=O) groups excluding carboxylic acids is 1. The van der Waals surface area contributed by atoms with Crippen LogP contribution in [0.4, 0.5) is 5.82 Å². The van der Waals surface area contributed by atoms with Crippen molar-refractivity contribution in [3.8, 4) is 0 Å². The van der Waals surface area contributed by atoms with Crippen molar-refractivity contribution >= 4 is 23.3 Å². The summed E-state index contributed by atoms with van der Waals surface area (Å²) < 4.78 is 0. The molecule has 0 atom stereocenters. The topological polar surface area (TPSA) is 42.0 Å². The largest absolute Gasteiger partial charge is 0.309 e. The molecule has 0 bridgehead atoms. The highest BCUT2D eigenvalue weighted by Crippen LogP contribution is 2.68. The number of nitrogens with one attached hydrogen (secondary N) is 1. The molecule has 2 rings (SSSR count). The minimum Gasteiger partial charge on any atom is -0.309 e. The van der Waals surface area contributed by atoms with Crippen molar-refractivity contribution in [3.63, 3.8) is 0 Å². The van der Waals surface area contributed by atoms with Crippen LogP contribution in [-0.2, 0) is 4.79 Å². The minimum atomic E-state index is 0.000556. The molecule has 0 aromatic carbocycles. The van der Waals surface area contributed by atoms with E-state index in [0.29, 0.717) is 10.8 Å². The van der Waals surface area contributed by atoms with Crippen LogP contribution in [0.5, 0.6) is 0 Å². The second kappa shape index (κ2) is 3.70. The summed E-state index contributed by atoms with van der Waals surface area (Å²) in [4.78, 5) is 16.2. The molecule has 0 unspecified atom stereocenters. The summed E-state index contributed by atoms with van der Waals surface area (Å²) in [5, 5.41) is 3.27. The monoisotopic (exact) mass is 252 g/mol. The van der Waals surface area contributed by atoms with Gasteiger partial charge in [-0.25, -0.2) is 4.98 Å². The molecular formula is C13H17ClN2O. The minimum absolute atomic E-state index is 0.000556. The zero-order valence-electron chi connectivity index (χ0n) is 10.5. The van der Waals surface area contributed by atoms with Gasteiger partial charge in [0.25, 0.3) is 0 Å². The van der Waals surface area contributed by atoms with Crippen LogP contribution in [0.2, 0.25) is 5.02 Å². The lowest BCUT2D eigenvalue weighted by molar-refractivity contribution is -0.118. The number of aromatic nitrogens is 1. The van der Waals surface area contributed by atoms with E-state index in [1.165, 1.54) is 0 Å². The van der Waals surface area contributed by atoms with Gasteiger partial charge in [-0.05, 0) is 23.0 Å². The van der Waals surface area contributed by atoms with E-state index < -0.39 is 0 Å². The molecule has 1 saturated carbocycles. The van der Waals surface area contributed by atoms with Crippen LogP contribution < -0.4 is 5.32 Å². The third-order valence-corrected chi connectivity index (χ3v) is 4.59. The quantitative estimate of drug-likeness (QED) is 0.877. The maximum Gasteiger partial charge on any atom is 0.229 e. The second-order valence-corrected chi connectivity index (χ2v) is 6.11. The molecule has 1 aliphatic rings. The Balaban J connectivity index is 2.13. The van der Waals surface area contributed by atoms with Gasteiger partial charge in [-0.2, -0.15) is 0 Å². The van der Waals surface area contributed by atoms with Crippen molar-refractivity contribution in [3.05, 3.63) is 23.4 Å². The van der Waals surface area contributed by atoms with E-state index in [9.17, 15) is 4.79 Å². The fourth-order valence-electron chi connectivity index (χ4n) is 2.52. The first-order chi connectivity index (χ1) is 7.78. The highest BCUT2D eigenvalue weighted by molar-refractivity contribution is 6.33. The summed E-state index contributed by atoms with van der Waals surface area (Å²) in [5.74, 6) is 0.450. The Labute approximate surface area is 107 Å². The maximum atomic E-state index is 12.1. The molecule has 4 heteroatoms. The molecule has 0 aliphatic heterocycles. The predicted molar refractivity (Wildman–Crippen MR) is 68.9 cm³/mol. The van der Waals surface area contributed by atoms with Gasteiger partial charge in [0.2, 0.25) is 5.91 Å². The van der Waals surface area contributed by atoms with E-state index in [1.807, 2.05) is 0 Å². The number of rotatable bonds is 2. The first-order valence-corrected chi connectivity index (χ1v) is 6.07. The Bertz CT molecular complexity index is 454. The zero-order chi connectivity index (χ0) is 12.8. The van der Waals surface area contributed by atoms with Gasteiger partial charge in [0, 0.05) is 12.1 Å². The van der Waals surface area contributed by atoms with Crippen molar-refractivity contribution in [2.45, 2.75) is 27.7 Å². The van der Waals surface area contributed by atoms with Gasteiger partial charge in [-0.3, -0.25) is 4.79 Å². The molecule has 1 aromatic heterocycles. The van der Waals surface area contributed by atoms with Crippen LogP contribution in [-0.4, -0.2) is 10.9 Å². The lowest BCUT2D eigenvalue weighted by atomic mass is 10.0. The van der Waals surface area contributed by atoms with Gasteiger partial charge in [0.05, 0.1) is 5.02 Å². The Kier molecular flexibility index (Phi) is 2.69. The number of hydrogen-bond acceptors (Lipinski definition) is 2. The first kappa shape index (κ1) is 12.4. The lowest BCUT2D eigenvalue weighted by Gasteiger charge is -2.06. The normalized spacial score (nSPS) is 21.0. The van der Waals surface area contributed by atoms with Gasteiger partial charge in [0.1, 0.15) is 0 Å². The molecule has 1 fully saturated rings. The molecule has 1 aliphatic carbocycles. The number of amides is 1. The van der Waals surface area contributed by atoms with Gasteiger partial charge in [0.15, 0.2) is 5.82 Å². The van der Waals surface area contributed by atoms with Crippen LogP contribution in [0.3, 0.4) is 0 Å². The van der Waals surface area contributed by atoms with Crippen molar-refractivity contribution < 1.29 is 4.79 Å². The van der Waals surface area contributed by atoms with Crippen LogP contribution in [0.1, 0.15) is 27.7 Å². The summed E-state index contributed by atoms with van der Waals surface area (Å²) in [6.07, 6.45) is 1.62. The Morgan fingerprint density at radius 1 is 1.35 bits per heavy atom. The highest BCUT2D eigenvalue weighted by atomic mass is 35.5. The van der Waals surface area contributed by atoms with Crippen molar-refractivity contribution in [2.24, 2.45) is 16.7 Å². The molecule has 1 aromatic rings. The Hall–Kier alpha value is -1.09. The Morgan fingerprint density at radius 3 is 2.41 bits per heavy atom. The van der Waals surface area contributed by atoms with E-state index in [-0.39, 0.29) is 22.7 Å². The summed E-state index contributed by atoms with van der Waals surface area (Å²) in [6.45, 7) is 8.43. The van der Waals surface area contributed by atoms with E-state index in [1.54, 1.807) is 18.3 Å². The second-order valence-electron chi connectivity index (χ2n) is 5.70. The first-order valence-electron chi connectivity index (χ1n) is 5.70. The standard InChI is InChI=1S/C13H17ClN2O/c1-12(2)9(13(12,3)4)11(17)16-10-8(14)6-5-7-15-10/h5-7,9H,1-4H3,(H,15,16,17). The maximum absolute atomic E-state index is 12.1. The van der Waals surface area contributed by atoms with E-state index in [0.717, 1.165) is 0 Å². The predicted octanol–water partition coefficient (Wildman–Crippen LogP) is 3.36. The van der Waals surface area contributed by atoms with E-state index >= 15 is 0 Å². The number of anilines is 1. The average Bonchev–Trinajstić information content (AvgIpc) is 2.61. The molecule has 92 valence electrons. The molecule has 17 heavy (non-hydrogen) atoms. The van der Waals surface area contributed by atoms with Crippen molar-refractivity contribution in [1.29, 1.82) is 0 Å². The van der Waals surface area contributed by atoms with E-state index in [4.69, 9.17) is 11.6 Å². The van der Waals surface area contributed by atoms with Gasteiger partial charge in [-0.1, -0.05) is 39.3 Å². The summed E-state index contributed by atoms with van der Waals surface area (Å²) in [5.41, 5.74) is 0.0523. The van der Waals surface area contributed by atoms with Crippen molar-refractivity contribution in [1.82, 2.24) is 4.98 Å². The molecule has 0 radical (unpaired) electrons. The SMILES string of the molecule is CC1(C)C(C(=O)Nc2ncccc2Cl)C1(C)C. The molecule has 1 amide bonds. The molecule has 0 spiro atoms. The summed E-state index contributed by atoms with van der Waals surface area (Å²) in [7, 11) is 0. The van der Waals surface area contributed by atoms with Gasteiger partial charge < -0.3 is 5.32 Å². The van der Waals surface area contributed by atoms with Crippen LogP contribution in [0.15, 0.2) is 18.3 Å². The van der Waals surface area contributed by atoms with Crippen molar-refractivity contribution in [2.75, 3.05) is 5.32 Å². The molecule has 1 heterocycles. The molecule has 3 nitrogen and oxygen atoms in total. The average molecular weight is 253 g/mol. The number of nitrogens with zero attached hydrogens (tertiary/aromatic N) is 1. The number of carbonyl (C=O) groups is 1. The fourth-order valence-corrected chi connectivity index (χ4v) is 2.69. The van der Waals surface area contributed by atoms with E-state index in [2.05, 4.69) is 38.0 Å². The highest BCUT2D eigenvalue weighted by Gasteiger charge is 2.68. The third kappa shape index (κ3) is 1.82. The molecular weight excluding hydrogens is 236 g/mol. The number of pyridine rings is 1. The Morgan fingerprint density at radius 2 is 1.94 bits per heavy atom. The number of halogens is 1. The van der Waals surface area contributed by atoms with Crippen LogP contribution in [0, 0.1) is 16.7 Å². The van der Waals surface area contributed by atoms with Gasteiger partial charge >= 0.3 is 0 Å². The zero-order valence-corrected chi connectivity index (χ0v) is 11.3. The van der Waals surface area contributed by atoms with Crippen LogP contribution in [0.25, 0.3) is 0 Å². The van der Waals surface area contributed by atoms with Crippen LogP contribution >= 0.6 is 11.6 Å². The lowest BCUT2D eigenvalue weighted by Crippen LogP contribution is -2.18. The smallest absolute Gasteiger partial charge is 0.229 e. The summed E-state index contributed by atoms with van der Waals surface area (Å²) >= 11 is 5.96. The number of hydrogen-bond donors (Lipinski definition) is 1. The van der Waals surface area contributed by atoms with Gasteiger partial charge in [-0.15, -0.1) is 0 Å². The molecule has 1 N–H and O–H groups in total. The third-order valence-electron chi connectivity index (χ3n) is 4.28. The summed E-state index contributed by atoms with van der Waals surface area (Å²) in [6, 6.07) is 3.45. The fraction of sp³-hybridized carbons (Fsp3) is 0.538.